The number of sulfonamides is 1. The lowest BCUT2D eigenvalue weighted by Crippen LogP contribution is -2.24. The molecule has 0 radical (unpaired) electrons. The fourth-order valence-corrected chi connectivity index (χ4v) is 4.39. The Morgan fingerprint density at radius 2 is 1.70 bits per heavy atom. The number of hydrogen-bond donors (Lipinski definition) is 0. The molecule has 1 atom stereocenters. The molecule has 0 fully saturated rings. The van der Waals surface area contributed by atoms with E-state index in [4.69, 9.17) is 0 Å². The van der Waals surface area contributed by atoms with Gasteiger partial charge in [0.1, 0.15) is 0 Å². The summed E-state index contributed by atoms with van der Waals surface area (Å²) in [6.07, 6.45) is 0. The van der Waals surface area contributed by atoms with Gasteiger partial charge >= 0.3 is 0 Å². The zero-order chi connectivity index (χ0) is 14.5. The highest BCUT2D eigenvalue weighted by atomic mass is 32.2. The maximum Gasteiger partial charge on any atom is 0.244 e. The van der Waals surface area contributed by atoms with E-state index < -0.39 is 10.0 Å². The Labute approximate surface area is 119 Å². The quantitative estimate of drug-likeness (QED) is 0.808. The number of aryl methyl sites for hydroxylation is 2. The molecule has 20 heavy (non-hydrogen) atoms. The number of hydrogen-bond acceptors (Lipinski definition) is 2. The van der Waals surface area contributed by atoms with E-state index in [9.17, 15) is 8.42 Å². The van der Waals surface area contributed by atoms with E-state index in [1.807, 2.05) is 38.1 Å². The normalized spacial score (nSPS) is 20.9. The van der Waals surface area contributed by atoms with Crippen molar-refractivity contribution in [2.24, 2.45) is 0 Å². The Morgan fingerprint density at radius 1 is 1.00 bits per heavy atom. The first-order chi connectivity index (χ1) is 9.43. The first kappa shape index (κ1) is 13.3. The second-order valence-electron chi connectivity index (χ2n) is 5.32. The largest absolute Gasteiger partial charge is 0.244 e. The average Bonchev–Trinajstić information content (AvgIpc) is 2.62. The third kappa shape index (κ3) is 1.79. The Balaban J connectivity index is 2.28. The number of nitrogens with zero attached hydrogens (tertiary/aromatic N) is 1. The molecular weight excluding hydrogens is 270 g/mol. The molecule has 1 heterocycles. The van der Waals surface area contributed by atoms with Gasteiger partial charge in [0.25, 0.3) is 0 Å². The first-order valence-corrected chi connectivity index (χ1v) is 8.01. The predicted molar refractivity (Wildman–Crippen MR) is 79.1 cm³/mol. The highest BCUT2D eigenvalue weighted by Gasteiger charge is 2.41. The van der Waals surface area contributed by atoms with Crippen molar-refractivity contribution in [3.8, 4) is 0 Å². The van der Waals surface area contributed by atoms with Crippen LogP contribution in [0.25, 0.3) is 0 Å². The molecule has 1 unspecified atom stereocenters. The molecule has 0 amide bonds. The zero-order valence-corrected chi connectivity index (χ0v) is 12.6. The summed E-state index contributed by atoms with van der Waals surface area (Å²) >= 11 is 0. The average molecular weight is 287 g/mol. The van der Waals surface area contributed by atoms with Gasteiger partial charge in [-0.15, -0.1) is 0 Å². The van der Waals surface area contributed by atoms with Crippen LogP contribution in [0.4, 0.5) is 0 Å². The summed E-state index contributed by atoms with van der Waals surface area (Å²) in [6.45, 7) is 4.05. The smallest absolute Gasteiger partial charge is 0.207 e. The Bertz CT molecular complexity index is 781. The summed E-state index contributed by atoms with van der Waals surface area (Å²) in [5.41, 5.74) is 4.17. The van der Waals surface area contributed by atoms with Gasteiger partial charge in [-0.3, -0.25) is 0 Å². The Morgan fingerprint density at radius 3 is 2.45 bits per heavy atom. The predicted octanol–water partition coefficient (Wildman–Crippen LogP) is 3.03. The van der Waals surface area contributed by atoms with E-state index in [2.05, 4.69) is 6.07 Å². The van der Waals surface area contributed by atoms with Gasteiger partial charge < -0.3 is 0 Å². The van der Waals surface area contributed by atoms with E-state index in [0.717, 1.165) is 22.3 Å². The molecule has 104 valence electrons. The molecule has 0 aliphatic carbocycles. The van der Waals surface area contributed by atoms with E-state index in [1.165, 1.54) is 4.31 Å². The Kier molecular flexibility index (Phi) is 2.96. The zero-order valence-electron chi connectivity index (χ0n) is 11.8. The minimum Gasteiger partial charge on any atom is -0.207 e. The lowest BCUT2D eigenvalue weighted by atomic mass is 9.94. The molecule has 1 aliphatic rings. The molecule has 3 nitrogen and oxygen atoms in total. The van der Waals surface area contributed by atoms with Crippen LogP contribution in [-0.2, 0) is 10.0 Å². The monoisotopic (exact) mass is 287 g/mol. The Hall–Kier alpha value is -1.65. The molecule has 2 aromatic rings. The van der Waals surface area contributed by atoms with Crippen LogP contribution in [0.3, 0.4) is 0 Å². The van der Waals surface area contributed by atoms with Crippen LogP contribution in [-0.4, -0.2) is 19.8 Å². The van der Waals surface area contributed by atoms with Gasteiger partial charge in [-0.1, -0.05) is 42.0 Å². The van der Waals surface area contributed by atoms with Crippen molar-refractivity contribution in [3.63, 3.8) is 0 Å². The fourth-order valence-electron chi connectivity index (χ4n) is 2.85. The SMILES string of the molecule is Cc1ccc(C)c(C2c3ccccc3S(=O)(=O)N2C)c1. The van der Waals surface area contributed by atoms with Gasteiger partial charge in [-0.05, 0) is 36.6 Å². The minimum atomic E-state index is -3.38. The summed E-state index contributed by atoms with van der Waals surface area (Å²) in [6, 6.07) is 13.2. The van der Waals surface area contributed by atoms with Gasteiger partial charge in [-0.25, -0.2) is 8.42 Å². The van der Waals surface area contributed by atoms with Crippen LogP contribution in [0.2, 0.25) is 0 Å². The second kappa shape index (κ2) is 4.43. The molecular formula is C16H17NO2S. The van der Waals surface area contributed by atoms with Crippen LogP contribution in [0, 0.1) is 13.8 Å². The topological polar surface area (TPSA) is 37.4 Å². The number of benzene rings is 2. The molecule has 0 N–H and O–H groups in total. The van der Waals surface area contributed by atoms with Crippen molar-refractivity contribution in [1.82, 2.24) is 4.31 Å². The highest BCUT2D eigenvalue weighted by Crippen LogP contribution is 2.42. The summed E-state index contributed by atoms with van der Waals surface area (Å²) < 4.78 is 26.5. The van der Waals surface area contributed by atoms with Crippen molar-refractivity contribution >= 4 is 10.0 Å². The summed E-state index contributed by atoms with van der Waals surface area (Å²) in [7, 11) is -1.72. The van der Waals surface area contributed by atoms with Gasteiger partial charge in [0.2, 0.25) is 10.0 Å². The third-order valence-corrected chi connectivity index (χ3v) is 5.86. The van der Waals surface area contributed by atoms with E-state index >= 15 is 0 Å². The van der Waals surface area contributed by atoms with Crippen molar-refractivity contribution in [2.75, 3.05) is 7.05 Å². The summed E-state index contributed by atoms with van der Waals surface area (Å²) in [4.78, 5) is 0.424. The van der Waals surface area contributed by atoms with E-state index in [-0.39, 0.29) is 6.04 Å². The molecule has 0 spiro atoms. The molecule has 0 saturated carbocycles. The van der Waals surface area contributed by atoms with Crippen LogP contribution in [0.5, 0.6) is 0 Å². The standard InChI is InChI=1S/C16H17NO2S/c1-11-8-9-12(2)14(10-11)16-13-6-4-5-7-15(13)20(18,19)17(16)3/h4-10,16H,1-3H3. The van der Waals surface area contributed by atoms with Crippen molar-refractivity contribution in [1.29, 1.82) is 0 Å². The summed E-state index contributed by atoms with van der Waals surface area (Å²) in [5.74, 6) is 0. The molecule has 4 heteroatoms. The fraction of sp³-hybridized carbons (Fsp3) is 0.250. The van der Waals surface area contributed by atoms with Crippen LogP contribution >= 0.6 is 0 Å². The molecule has 0 bridgehead atoms. The number of rotatable bonds is 1. The van der Waals surface area contributed by atoms with E-state index in [0.29, 0.717) is 4.90 Å². The lowest BCUT2D eigenvalue weighted by molar-refractivity contribution is 0.439. The van der Waals surface area contributed by atoms with E-state index in [1.54, 1.807) is 19.2 Å². The lowest BCUT2D eigenvalue weighted by Gasteiger charge is -2.21. The van der Waals surface area contributed by atoms with Crippen LogP contribution < -0.4 is 0 Å². The van der Waals surface area contributed by atoms with Gasteiger partial charge in [0.15, 0.2) is 0 Å². The summed E-state index contributed by atoms with van der Waals surface area (Å²) in [5, 5.41) is 0. The molecule has 0 saturated heterocycles. The van der Waals surface area contributed by atoms with Gasteiger partial charge in [0.05, 0.1) is 10.9 Å². The van der Waals surface area contributed by atoms with Gasteiger partial charge in [-0.2, -0.15) is 4.31 Å². The maximum atomic E-state index is 12.5. The first-order valence-electron chi connectivity index (χ1n) is 6.57. The second-order valence-corrected chi connectivity index (χ2v) is 7.29. The molecule has 3 rings (SSSR count). The van der Waals surface area contributed by atoms with Crippen molar-refractivity contribution in [2.45, 2.75) is 24.8 Å². The highest BCUT2D eigenvalue weighted by molar-refractivity contribution is 7.89. The third-order valence-electron chi connectivity index (χ3n) is 3.96. The maximum absolute atomic E-state index is 12.5. The van der Waals surface area contributed by atoms with Gasteiger partial charge in [0, 0.05) is 7.05 Å². The van der Waals surface area contributed by atoms with Crippen molar-refractivity contribution in [3.05, 3.63) is 64.7 Å². The molecule has 0 aromatic heterocycles. The molecule has 2 aromatic carbocycles. The van der Waals surface area contributed by atoms with Crippen LogP contribution in [0.1, 0.15) is 28.3 Å². The van der Waals surface area contributed by atoms with Crippen LogP contribution in [0.15, 0.2) is 47.4 Å². The minimum absolute atomic E-state index is 0.226. The van der Waals surface area contributed by atoms with Crippen molar-refractivity contribution < 1.29 is 8.42 Å². The number of fused-ring (bicyclic) bond motifs is 1. The molecule has 1 aliphatic heterocycles.